The SMILES string of the molecule is CC(C)c1ccc(CN2CCN(C(c3ccc(F)cc3)c3ccc(F)cc3)CC2)c(=O)c(OCCCN(C)CCc2ccccc2)c1. The van der Waals surface area contributed by atoms with Crippen molar-refractivity contribution in [2.75, 3.05) is 52.9 Å². The largest absolute Gasteiger partial charge is 0.489 e. The van der Waals surface area contributed by atoms with E-state index in [1.165, 1.54) is 29.8 Å². The van der Waals surface area contributed by atoms with Gasteiger partial charge in [-0.1, -0.05) is 80.6 Å². The highest BCUT2D eigenvalue weighted by atomic mass is 19.1. The third-order valence-corrected chi connectivity index (χ3v) is 9.06. The molecular weight excluding hydrogens is 592 g/mol. The quantitative estimate of drug-likeness (QED) is 0.135. The monoisotopic (exact) mass is 639 g/mol. The summed E-state index contributed by atoms with van der Waals surface area (Å²) in [6, 6.07) is 29.5. The predicted octanol–water partition coefficient (Wildman–Crippen LogP) is 7.30. The molecule has 0 N–H and O–H groups in total. The molecule has 5 rings (SSSR count). The summed E-state index contributed by atoms with van der Waals surface area (Å²) in [5.74, 6) is 0.124. The number of likely N-dealkylation sites (N-methyl/N-ethyl adjacent to an activating group) is 1. The van der Waals surface area contributed by atoms with Crippen LogP contribution in [-0.4, -0.2) is 67.6 Å². The van der Waals surface area contributed by atoms with Gasteiger partial charge in [-0.05, 0) is 78.4 Å². The molecule has 1 aliphatic rings. The van der Waals surface area contributed by atoms with E-state index in [4.69, 9.17) is 4.74 Å². The Kier molecular flexibility index (Phi) is 12.3. The van der Waals surface area contributed by atoms with Crippen LogP contribution in [0.25, 0.3) is 0 Å². The molecule has 0 amide bonds. The first-order valence-corrected chi connectivity index (χ1v) is 16.8. The van der Waals surface area contributed by atoms with Crippen molar-refractivity contribution >= 4 is 0 Å². The first-order valence-electron chi connectivity index (χ1n) is 16.8. The van der Waals surface area contributed by atoms with E-state index in [1.807, 2.05) is 18.2 Å². The van der Waals surface area contributed by atoms with Crippen LogP contribution in [0.1, 0.15) is 60.0 Å². The third-order valence-electron chi connectivity index (χ3n) is 9.06. The molecule has 4 aromatic rings. The molecule has 47 heavy (non-hydrogen) atoms. The van der Waals surface area contributed by atoms with Crippen LogP contribution in [0.2, 0.25) is 0 Å². The normalized spacial score (nSPS) is 14.3. The number of rotatable bonds is 14. The molecule has 248 valence electrons. The van der Waals surface area contributed by atoms with Gasteiger partial charge < -0.3 is 9.64 Å². The smallest absolute Gasteiger partial charge is 0.224 e. The second-order valence-corrected chi connectivity index (χ2v) is 12.9. The van der Waals surface area contributed by atoms with Gasteiger partial charge in [0.05, 0.1) is 12.6 Å². The summed E-state index contributed by atoms with van der Waals surface area (Å²) >= 11 is 0. The zero-order valence-electron chi connectivity index (χ0n) is 27.9. The molecule has 1 fully saturated rings. The second kappa shape index (κ2) is 16.8. The summed E-state index contributed by atoms with van der Waals surface area (Å²) in [5.41, 5.74) is 5.03. The molecule has 1 heterocycles. The Bertz CT molecular complexity index is 1560. The first kappa shape index (κ1) is 34.4. The highest BCUT2D eigenvalue weighted by Crippen LogP contribution is 2.30. The maximum Gasteiger partial charge on any atom is 0.224 e. The molecule has 0 unspecified atom stereocenters. The molecule has 0 spiro atoms. The highest BCUT2D eigenvalue weighted by Gasteiger charge is 2.27. The summed E-state index contributed by atoms with van der Waals surface area (Å²) < 4.78 is 33.7. The lowest BCUT2D eigenvalue weighted by Gasteiger charge is -2.39. The van der Waals surface area contributed by atoms with Gasteiger partial charge in [0.25, 0.3) is 0 Å². The van der Waals surface area contributed by atoms with Gasteiger partial charge in [-0.25, -0.2) is 8.78 Å². The summed E-state index contributed by atoms with van der Waals surface area (Å²) in [6.45, 7) is 10.2. The maximum atomic E-state index is 13.8. The Balaban J connectivity index is 1.21. The van der Waals surface area contributed by atoms with Crippen LogP contribution < -0.4 is 10.2 Å². The van der Waals surface area contributed by atoms with Gasteiger partial charge in [0, 0.05) is 51.4 Å². The molecular formula is C40H47F2N3O2. The molecule has 0 aromatic heterocycles. The number of hydrogen-bond acceptors (Lipinski definition) is 5. The van der Waals surface area contributed by atoms with E-state index in [1.54, 1.807) is 24.3 Å². The average molecular weight is 640 g/mol. The minimum Gasteiger partial charge on any atom is -0.489 e. The molecule has 0 saturated carbocycles. The Morgan fingerprint density at radius 1 is 0.766 bits per heavy atom. The third kappa shape index (κ3) is 9.80. The summed E-state index contributed by atoms with van der Waals surface area (Å²) in [5, 5.41) is 0. The summed E-state index contributed by atoms with van der Waals surface area (Å²) in [6.07, 6.45) is 1.84. The first-order chi connectivity index (χ1) is 22.8. The van der Waals surface area contributed by atoms with Crippen LogP contribution in [0.3, 0.4) is 0 Å². The molecule has 7 heteroatoms. The van der Waals surface area contributed by atoms with Crippen LogP contribution in [0.4, 0.5) is 8.78 Å². The number of ether oxygens (including phenoxy) is 1. The Hall–Kier alpha value is -3.91. The molecule has 0 aliphatic carbocycles. The minimum atomic E-state index is -0.281. The topological polar surface area (TPSA) is 36.0 Å². The maximum absolute atomic E-state index is 13.8. The van der Waals surface area contributed by atoms with Gasteiger partial charge in [-0.15, -0.1) is 0 Å². The Morgan fingerprint density at radius 2 is 1.36 bits per heavy atom. The summed E-state index contributed by atoms with van der Waals surface area (Å²) in [7, 11) is 2.13. The fourth-order valence-electron chi connectivity index (χ4n) is 6.20. The van der Waals surface area contributed by atoms with Crippen molar-refractivity contribution in [2.45, 2.75) is 45.2 Å². The van der Waals surface area contributed by atoms with E-state index < -0.39 is 0 Å². The molecule has 0 atom stereocenters. The fraction of sp³-hybridized carbons (Fsp3) is 0.375. The van der Waals surface area contributed by atoms with Crippen molar-refractivity contribution in [3.63, 3.8) is 0 Å². The highest BCUT2D eigenvalue weighted by molar-refractivity contribution is 5.34. The standard InChI is InChI=1S/C40H47F2N3O2/c1-30(2)34-10-11-35(40(46)38(28-34)47-27-7-21-43(3)22-20-31-8-5-4-6-9-31)29-44-23-25-45(26-24-44)39(32-12-16-36(41)17-13-32)33-14-18-37(42)19-15-33/h4-6,8-19,28,30,39H,7,20-27,29H2,1-3H3. The van der Waals surface area contributed by atoms with Crippen LogP contribution in [0, 0.1) is 11.6 Å². The van der Waals surface area contributed by atoms with Crippen LogP contribution in [0.5, 0.6) is 5.75 Å². The fourth-order valence-corrected chi connectivity index (χ4v) is 6.20. The van der Waals surface area contributed by atoms with Crippen LogP contribution in [0.15, 0.2) is 102 Å². The van der Waals surface area contributed by atoms with Crippen LogP contribution in [-0.2, 0) is 13.0 Å². The van der Waals surface area contributed by atoms with Gasteiger partial charge in [0.1, 0.15) is 11.6 Å². The number of halogens is 2. The van der Waals surface area contributed by atoms with E-state index in [-0.39, 0.29) is 29.0 Å². The van der Waals surface area contributed by atoms with E-state index in [0.717, 1.165) is 74.4 Å². The lowest BCUT2D eigenvalue weighted by atomic mass is 9.96. The van der Waals surface area contributed by atoms with Crippen molar-refractivity contribution in [1.82, 2.24) is 14.7 Å². The number of hydrogen-bond donors (Lipinski definition) is 0. The van der Waals surface area contributed by atoms with Gasteiger partial charge >= 0.3 is 0 Å². The number of benzene rings is 3. The lowest BCUT2D eigenvalue weighted by Crippen LogP contribution is -2.47. The van der Waals surface area contributed by atoms with Crippen molar-refractivity contribution in [1.29, 1.82) is 0 Å². The zero-order valence-corrected chi connectivity index (χ0v) is 27.9. The van der Waals surface area contributed by atoms with Gasteiger partial charge in [0.15, 0.2) is 5.75 Å². The molecule has 1 aliphatic heterocycles. The van der Waals surface area contributed by atoms with E-state index in [9.17, 15) is 13.6 Å². The minimum absolute atomic E-state index is 0.0488. The average Bonchev–Trinajstić information content (AvgIpc) is 3.23. The Morgan fingerprint density at radius 3 is 1.96 bits per heavy atom. The van der Waals surface area contributed by atoms with Gasteiger partial charge in [-0.2, -0.15) is 0 Å². The second-order valence-electron chi connectivity index (χ2n) is 12.9. The molecule has 0 bridgehead atoms. The van der Waals surface area contributed by atoms with Gasteiger partial charge in [-0.3, -0.25) is 14.6 Å². The van der Waals surface area contributed by atoms with Gasteiger partial charge in [0.2, 0.25) is 5.43 Å². The lowest BCUT2D eigenvalue weighted by molar-refractivity contribution is 0.104. The zero-order chi connectivity index (χ0) is 33.2. The number of piperazine rings is 1. The van der Waals surface area contributed by atoms with Crippen molar-refractivity contribution in [2.24, 2.45) is 0 Å². The van der Waals surface area contributed by atoms with Crippen molar-refractivity contribution < 1.29 is 13.5 Å². The number of nitrogens with zero attached hydrogens (tertiary/aromatic N) is 3. The molecule has 5 nitrogen and oxygen atoms in total. The molecule has 1 saturated heterocycles. The Labute approximate surface area is 278 Å². The van der Waals surface area contributed by atoms with E-state index in [2.05, 4.69) is 65.9 Å². The van der Waals surface area contributed by atoms with E-state index in [0.29, 0.717) is 18.9 Å². The van der Waals surface area contributed by atoms with Crippen LogP contribution >= 0.6 is 0 Å². The predicted molar refractivity (Wildman–Crippen MR) is 186 cm³/mol. The molecule has 0 radical (unpaired) electrons. The van der Waals surface area contributed by atoms with Crippen molar-refractivity contribution in [3.8, 4) is 5.75 Å². The van der Waals surface area contributed by atoms with E-state index >= 15 is 0 Å². The van der Waals surface area contributed by atoms with Crippen molar-refractivity contribution in [3.05, 3.63) is 147 Å². The summed E-state index contributed by atoms with van der Waals surface area (Å²) in [4.78, 5) is 20.7. The molecule has 4 aromatic carbocycles.